The van der Waals surface area contributed by atoms with Gasteiger partial charge in [-0.05, 0) is 32.9 Å². The molecular weight excluding hydrogens is 425 g/mol. The maximum absolute atomic E-state index is 4.66. The van der Waals surface area contributed by atoms with Crippen molar-refractivity contribution in [2.45, 2.75) is 26.3 Å². The monoisotopic (exact) mass is 459 g/mol. The summed E-state index contributed by atoms with van der Waals surface area (Å²) < 4.78 is 0. The van der Waals surface area contributed by atoms with Crippen LogP contribution in [0, 0.1) is 0 Å². The second-order valence-corrected chi connectivity index (χ2v) is 6.37. The number of likely N-dealkylation sites (N-methyl/N-ethyl adjacent to an activating group) is 1. The fraction of sp³-hybridized carbons (Fsp3) is 0.632. The van der Waals surface area contributed by atoms with E-state index >= 15 is 0 Å². The number of rotatable bonds is 7. The summed E-state index contributed by atoms with van der Waals surface area (Å²) in [5.74, 6) is 0.929. The van der Waals surface area contributed by atoms with E-state index in [4.69, 9.17) is 0 Å². The summed E-state index contributed by atoms with van der Waals surface area (Å²) >= 11 is 0. The molecule has 0 saturated carbocycles. The van der Waals surface area contributed by atoms with Gasteiger partial charge in [0, 0.05) is 51.9 Å². The Labute approximate surface area is 170 Å². The van der Waals surface area contributed by atoms with E-state index < -0.39 is 0 Å². The number of halogens is 1. The zero-order valence-electron chi connectivity index (χ0n) is 15.9. The Morgan fingerprint density at radius 3 is 2.44 bits per heavy atom. The predicted octanol–water partition coefficient (Wildman–Crippen LogP) is 2.56. The SMILES string of the molecule is CCNC(=NCCCN1CCN(C)CC1c1ccccc1)NCC.I. The van der Waals surface area contributed by atoms with Crippen LogP contribution in [0.5, 0.6) is 0 Å². The standard InChI is InChI=1S/C19H33N5.HI/c1-4-20-19(21-5-2)22-12-9-13-24-15-14-23(3)16-18(24)17-10-7-6-8-11-17;/h6-8,10-11,18H,4-5,9,12-16H2,1-3H3,(H2,20,21,22);1H. The summed E-state index contributed by atoms with van der Waals surface area (Å²) in [6, 6.07) is 11.4. The first-order chi connectivity index (χ1) is 11.7. The number of hydrogen-bond donors (Lipinski definition) is 2. The van der Waals surface area contributed by atoms with E-state index in [2.05, 4.69) is 76.7 Å². The van der Waals surface area contributed by atoms with E-state index in [1.807, 2.05) is 0 Å². The Hall–Kier alpha value is -0.860. The van der Waals surface area contributed by atoms with Gasteiger partial charge in [0.25, 0.3) is 0 Å². The van der Waals surface area contributed by atoms with Crippen LogP contribution in [0.4, 0.5) is 0 Å². The third-order valence-electron chi connectivity index (χ3n) is 4.44. The van der Waals surface area contributed by atoms with Gasteiger partial charge in [0.2, 0.25) is 0 Å². The van der Waals surface area contributed by atoms with Crippen LogP contribution >= 0.6 is 24.0 Å². The maximum Gasteiger partial charge on any atom is 0.191 e. The molecule has 1 atom stereocenters. The molecule has 0 amide bonds. The van der Waals surface area contributed by atoms with Gasteiger partial charge in [-0.25, -0.2) is 0 Å². The third kappa shape index (κ3) is 7.50. The van der Waals surface area contributed by atoms with Gasteiger partial charge >= 0.3 is 0 Å². The van der Waals surface area contributed by atoms with Gasteiger partial charge < -0.3 is 15.5 Å². The van der Waals surface area contributed by atoms with Gasteiger partial charge in [-0.1, -0.05) is 30.3 Å². The summed E-state index contributed by atoms with van der Waals surface area (Å²) in [4.78, 5) is 9.71. The lowest BCUT2D eigenvalue weighted by molar-refractivity contribution is 0.0894. The highest BCUT2D eigenvalue weighted by atomic mass is 127. The second-order valence-electron chi connectivity index (χ2n) is 6.37. The molecular formula is C19H34IN5. The minimum absolute atomic E-state index is 0. The highest BCUT2D eigenvalue weighted by Gasteiger charge is 2.25. The van der Waals surface area contributed by atoms with Crippen molar-refractivity contribution in [3.05, 3.63) is 35.9 Å². The predicted molar refractivity (Wildman–Crippen MR) is 118 cm³/mol. The molecule has 2 rings (SSSR count). The lowest BCUT2D eigenvalue weighted by atomic mass is 10.0. The van der Waals surface area contributed by atoms with Crippen LogP contribution in [0.15, 0.2) is 35.3 Å². The number of aliphatic imine (C=N–C) groups is 1. The summed E-state index contributed by atoms with van der Waals surface area (Å²) in [6.07, 6.45) is 1.09. The number of nitrogens with one attached hydrogen (secondary N) is 2. The molecule has 1 aliphatic rings. The van der Waals surface area contributed by atoms with Gasteiger partial charge in [0.15, 0.2) is 5.96 Å². The van der Waals surface area contributed by atoms with Crippen molar-refractivity contribution < 1.29 is 0 Å². The Kier molecular flexibility index (Phi) is 11.1. The molecule has 1 aromatic rings. The minimum atomic E-state index is 0. The van der Waals surface area contributed by atoms with Crippen LogP contribution in [0.2, 0.25) is 0 Å². The average molecular weight is 459 g/mol. The minimum Gasteiger partial charge on any atom is -0.357 e. The van der Waals surface area contributed by atoms with Gasteiger partial charge in [-0.15, -0.1) is 24.0 Å². The molecule has 6 heteroatoms. The fourth-order valence-electron chi connectivity index (χ4n) is 3.19. The van der Waals surface area contributed by atoms with Gasteiger partial charge in [-0.2, -0.15) is 0 Å². The quantitative estimate of drug-likeness (QED) is 0.285. The molecule has 5 nitrogen and oxygen atoms in total. The molecule has 1 unspecified atom stereocenters. The summed E-state index contributed by atoms with van der Waals surface area (Å²) in [6.45, 7) is 11.3. The van der Waals surface area contributed by atoms with Crippen molar-refractivity contribution in [2.24, 2.45) is 4.99 Å². The molecule has 0 aromatic heterocycles. The van der Waals surface area contributed by atoms with Gasteiger partial charge in [-0.3, -0.25) is 9.89 Å². The zero-order chi connectivity index (χ0) is 17.2. The van der Waals surface area contributed by atoms with Crippen LogP contribution in [-0.4, -0.2) is 68.6 Å². The molecule has 0 spiro atoms. The number of piperazine rings is 1. The Morgan fingerprint density at radius 2 is 1.80 bits per heavy atom. The lowest BCUT2D eigenvalue weighted by Crippen LogP contribution is -2.47. The van der Waals surface area contributed by atoms with Crippen molar-refractivity contribution in [3.8, 4) is 0 Å². The van der Waals surface area contributed by atoms with Crippen molar-refractivity contribution in [1.82, 2.24) is 20.4 Å². The highest BCUT2D eigenvalue weighted by Crippen LogP contribution is 2.24. The van der Waals surface area contributed by atoms with Crippen molar-refractivity contribution in [3.63, 3.8) is 0 Å². The van der Waals surface area contributed by atoms with Crippen LogP contribution < -0.4 is 10.6 Å². The largest absolute Gasteiger partial charge is 0.357 e. The molecule has 25 heavy (non-hydrogen) atoms. The van der Waals surface area contributed by atoms with E-state index in [1.54, 1.807) is 0 Å². The molecule has 0 aliphatic carbocycles. The normalized spacial score (nSPS) is 18.3. The highest BCUT2D eigenvalue weighted by molar-refractivity contribution is 14.0. The van der Waals surface area contributed by atoms with Crippen LogP contribution in [0.25, 0.3) is 0 Å². The number of benzene rings is 1. The van der Waals surface area contributed by atoms with E-state index in [9.17, 15) is 0 Å². The first-order valence-corrected chi connectivity index (χ1v) is 9.24. The van der Waals surface area contributed by atoms with Crippen molar-refractivity contribution in [1.29, 1.82) is 0 Å². The van der Waals surface area contributed by atoms with E-state index in [0.717, 1.165) is 58.2 Å². The molecule has 1 aromatic carbocycles. The maximum atomic E-state index is 4.66. The molecule has 2 N–H and O–H groups in total. The topological polar surface area (TPSA) is 42.9 Å². The lowest BCUT2D eigenvalue weighted by Gasteiger charge is -2.40. The molecule has 0 bridgehead atoms. The van der Waals surface area contributed by atoms with E-state index in [1.165, 1.54) is 5.56 Å². The Bertz CT molecular complexity index is 486. The summed E-state index contributed by atoms with van der Waals surface area (Å²) in [5.41, 5.74) is 1.42. The van der Waals surface area contributed by atoms with E-state index in [-0.39, 0.29) is 24.0 Å². The molecule has 0 radical (unpaired) electrons. The van der Waals surface area contributed by atoms with Crippen molar-refractivity contribution >= 4 is 29.9 Å². The third-order valence-corrected chi connectivity index (χ3v) is 4.44. The molecule has 1 heterocycles. The van der Waals surface area contributed by atoms with Crippen LogP contribution in [-0.2, 0) is 0 Å². The fourth-order valence-corrected chi connectivity index (χ4v) is 3.19. The molecule has 1 aliphatic heterocycles. The Morgan fingerprint density at radius 1 is 1.12 bits per heavy atom. The average Bonchev–Trinajstić information content (AvgIpc) is 2.60. The second kappa shape index (κ2) is 12.5. The smallest absolute Gasteiger partial charge is 0.191 e. The van der Waals surface area contributed by atoms with Crippen LogP contribution in [0.1, 0.15) is 31.9 Å². The number of guanidine groups is 1. The molecule has 142 valence electrons. The first kappa shape index (κ1) is 22.2. The number of hydrogen-bond acceptors (Lipinski definition) is 3. The van der Waals surface area contributed by atoms with Crippen molar-refractivity contribution in [2.75, 3.05) is 52.9 Å². The molecule has 1 fully saturated rings. The number of nitrogens with zero attached hydrogens (tertiary/aromatic N) is 3. The summed E-state index contributed by atoms with van der Waals surface area (Å²) in [5, 5.41) is 6.56. The van der Waals surface area contributed by atoms with Crippen LogP contribution in [0.3, 0.4) is 0 Å². The van der Waals surface area contributed by atoms with Gasteiger partial charge in [0.05, 0.1) is 0 Å². The first-order valence-electron chi connectivity index (χ1n) is 9.24. The Balaban J connectivity index is 0.00000312. The summed E-state index contributed by atoms with van der Waals surface area (Å²) in [7, 11) is 2.22. The van der Waals surface area contributed by atoms with Gasteiger partial charge in [0.1, 0.15) is 0 Å². The zero-order valence-corrected chi connectivity index (χ0v) is 18.2. The van der Waals surface area contributed by atoms with E-state index in [0.29, 0.717) is 6.04 Å². The molecule has 1 saturated heterocycles.